The van der Waals surface area contributed by atoms with Crippen molar-refractivity contribution in [1.82, 2.24) is 0 Å². The molecule has 4 heteroatoms. The maximum atomic E-state index is 13.3. The first-order chi connectivity index (χ1) is 11.5. The number of carbonyl (C=O) groups is 2. The van der Waals surface area contributed by atoms with Gasteiger partial charge in [0.2, 0.25) is 5.78 Å². The summed E-state index contributed by atoms with van der Waals surface area (Å²) < 4.78 is 7.18. The number of benzene rings is 2. The molecule has 24 heavy (non-hydrogen) atoms. The van der Waals surface area contributed by atoms with Crippen LogP contribution in [0.5, 0.6) is 5.75 Å². The van der Waals surface area contributed by atoms with Crippen molar-refractivity contribution in [3.63, 3.8) is 0 Å². The lowest BCUT2D eigenvalue weighted by Gasteiger charge is -2.37. The summed E-state index contributed by atoms with van der Waals surface area (Å²) >= 11 is 3.49. The van der Waals surface area contributed by atoms with Crippen LogP contribution >= 0.6 is 15.9 Å². The monoisotopic (exact) mass is 384 g/mol. The van der Waals surface area contributed by atoms with Crippen LogP contribution in [0.1, 0.15) is 47.2 Å². The number of rotatable bonds is 2. The third-order valence-corrected chi connectivity index (χ3v) is 5.60. The summed E-state index contributed by atoms with van der Waals surface area (Å²) in [7, 11) is 0. The molecule has 0 fully saturated rings. The van der Waals surface area contributed by atoms with Crippen molar-refractivity contribution >= 4 is 27.5 Å². The van der Waals surface area contributed by atoms with E-state index in [1.807, 2.05) is 42.5 Å². The van der Waals surface area contributed by atoms with E-state index >= 15 is 0 Å². The quantitative estimate of drug-likeness (QED) is 0.766. The van der Waals surface area contributed by atoms with Crippen molar-refractivity contribution in [3.05, 3.63) is 63.6 Å². The highest BCUT2D eigenvalue weighted by Crippen LogP contribution is 2.52. The van der Waals surface area contributed by atoms with Gasteiger partial charge in [0, 0.05) is 27.9 Å². The fraction of sp³-hybridized carbons (Fsp3) is 0.300. The molecule has 3 nitrogen and oxygen atoms in total. The van der Waals surface area contributed by atoms with Crippen LogP contribution in [0, 0.1) is 0 Å². The number of hydrogen-bond acceptors (Lipinski definition) is 3. The summed E-state index contributed by atoms with van der Waals surface area (Å²) in [6.45, 7) is 1.57. The van der Waals surface area contributed by atoms with Crippen LogP contribution in [0.25, 0.3) is 0 Å². The van der Waals surface area contributed by atoms with Crippen molar-refractivity contribution in [2.45, 2.75) is 37.7 Å². The molecular weight excluding hydrogens is 368 g/mol. The molecule has 1 aliphatic carbocycles. The highest BCUT2D eigenvalue weighted by molar-refractivity contribution is 9.10. The molecule has 1 aliphatic heterocycles. The molecule has 2 aromatic carbocycles. The molecule has 1 heterocycles. The smallest absolute Gasteiger partial charge is 0.207 e. The van der Waals surface area contributed by atoms with E-state index in [9.17, 15) is 9.59 Å². The Morgan fingerprint density at radius 3 is 2.88 bits per heavy atom. The third kappa shape index (κ3) is 2.24. The fourth-order valence-corrected chi connectivity index (χ4v) is 4.40. The van der Waals surface area contributed by atoms with Gasteiger partial charge in [0.05, 0.1) is 0 Å². The predicted octanol–water partition coefficient (Wildman–Crippen LogP) is 4.47. The Morgan fingerprint density at radius 1 is 1.29 bits per heavy atom. The zero-order valence-electron chi connectivity index (χ0n) is 13.3. The number of carbonyl (C=O) groups excluding carboxylic acids is 2. The van der Waals surface area contributed by atoms with E-state index in [4.69, 9.17) is 4.74 Å². The van der Waals surface area contributed by atoms with E-state index in [1.54, 1.807) is 6.92 Å². The highest BCUT2D eigenvalue weighted by atomic mass is 79.9. The van der Waals surface area contributed by atoms with E-state index in [0.717, 1.165) is 33.3 Å². The van der Waals surface area contributed by atoms with Gasteiger partial charge in [-0.2, -0.15) is 0 Å². The molecule has 1 spiro atoms. The van der Waals surface area contributed by atoms with Crippen LogP contribution in [0.15, 0.2) is 46.9 Å². The molecular formula is C20H17BrO3. The minimum Gasteiger partial charge on any atom is -0.478 e. The lowest BCUT2D eigenvalue weighted by atomic mass is 9.70. The Balaban J connectivity index is 1.85. The first-order valence-corrected chi connectivity index (χ1v) is 8.91. The maximum absolute atomic E-state index is 13.3. The largest absolute Gasteiger partial charge is 0.478 e. The van der Waals surface area contributed by atoms with Gasteiger partial charge in [0.1, 0.15) is 11.5 Å². The second kappa shape index (κ2) is 5.55. The summed E-state index contributed by atoms with van der Waals surface area (Å²) in [5.41, 5.74) is 1.79. The van der Waals surface area contributed by atoms with E-state index in [2.05, 4.69) is 15.9 Å². The molecule has 0 amide bonds. The van der Waals surface area contributed by atoms with Gasteiger partial charge in [-0.25, -0.2) is 0 Å². The van der Waals surface area contributed by atoms with Gasteiger partial charge in [-0.05, 0) is 43.5 Å². The Kier molecular flexibility index (Phi) is 3.61. The van der Waals surface area contributed by atoms with Gasteiger partial charge in [-0.1, -0.05) is 40.2 Å². The van der Waals surface area contributed by atoms with Gasteiger partial charge in [-0.3, -0.25) is 4.79 Å². The normalized spacial score (nSPS) is 24.4. The Morgan fingerprint density at radius 2 is 2.08 bits per heavy atom. The number of aryl methyl sites for hydroxylation is 1. The van der Waals surface area contributed by atoms with Crippen molar-refractivity contribution in [3.8, 4) is 5.75 Å². The van der Waals surface area contributed by atoms with Gasteiger partial charge in [0.25, 0.3) is 0 Å². The average Bonchev–Trinajstić information content (AvgIpc) is 2.85. The highest BCUT2D eigenvalue weighted by Gasteiger charge is 2.55. The van der Waals surface area contributed by atoms with Crippen LogP contribution in [-0.2, 0) is 11.2 Å². The molecule has 2 aromatic rings. The first kappa shape index (κ1) is 15.6. The summed E-state index contributed by atoms with van der Waals surface area (Å²) in [5, 5.41) is 0. The average molecular weight is 385 g/mol. The first-order valence-electron chi connectivity index (χ1n) is 8.12. The van der Waals surface area contributed by atoms with Gasteiger partial charge >= 0.3 is 0 Å². The van der Waals surface area contributed by atoms with Crippen LogP contribution in [-0.4, -0.2) is 17.2 Å². The molecule has 0 N–H and O–H groups in total. The zero-order valence-corrected chi connectivity index (χ0v) is 14.9. The summed E-state index contributed by atoms with van der Waals surface area (Å²) in [4.78, 5) is 25.2. The Hall–Kier alpha value is -1.94. The zero-order chi connectivity index (χ0) is 16.9. The van der Waals surface area contributed by atoms with Crippen LogP contribution < -0.4 is 4.74 Å². The summed E-state index contributed by atoms with van der Waals surface area (Å²) in [6.07, 6.45) is 1.70. The van der Waals surface area contributed by atoms with Crippen LogP contribution in [0.4, 0.5) is 0 Å². The van der Waals surface area contributed by atoms with E-state index in [1.165, 1.54) is 0 Å². The van der Waals surface area contributed by atoms with E-state index in [0.29, 0.717) is 12.8 Å². The molecule has 2 unspecified atom stereocenters. The van der Waals surface area contributed by atoms with E-state index in [-0.39, 0.29) is 17.5 Å². The molecule has 2 atom stereocenters. The number of ether oxygens (including phenoxy) is 1. The lowest BCUT2D eigenvalue weighted by Crippen LogP contribution is -2.49. The molecule has 122 valence electrons. The summed E-state index contributed by atoms with van der Waals surface area (Å²) in [6, 6.07) is 13.5. The minimum atomic E-state index is -0.955. The molecule has 0 saturated carbocycles. The molecule has 0 radical (unpaired) electrons. The Labute approximate surface area is 149 Å². The van der Waals surface area contributed by atoms with Gasteiger partial charge in [0.15, 0.2) is 5.60 Å². The van der Waals surface area contributed by atoms with E-state index < -0.39 is 5.60 Å². The van der Waals surface area contributed by atoms with Gasteiger partial charge < -0.3 is 9.53 Å². The summed E-state index contributed by atoms with van der Waals surface area (Å²) in [5.74, 6) is 0.561. The molecule has 0 aromatic heterocycles. The molecule has 0 saturated heterocycles. The number of Topliss-reactive ketones (excluding diaryl/α,β-unsaturated/α-hetero) is 2. The van der Waals surface area contributed by atoms with Crippen LogP contribution in [0.2, 0.25) is 0 Å². The molecule has 0 bridgehead atoms. The van der Waals surface area contributed by atoms with Crippen molar-refractivity contribution < 1.29 is 14.3 Å². The standard InChI is InChI=1S/C20H17BrO3/c1-12(22)10-17-16-11-14(21)6-7-18(16)24-20(17)9-8-13-4-2-3-5-15(13)19(20)23/h2-7,11,17H,8-10H2,1H3. The fourth-order valence-electron chi connectivity index (χ4n) is 4.02. The second-order valence-electron chi connectivity index (χ2n) is 6.62. The predicted molar refractivity (Wildman–Crippen MR) is 94.6 cm³/mol. The minimum absolute atomic E-state index is 0.00271. The Bertz CT molecular complexity index is 858. The number of halogens is 1. The van der Waals surface area contributed by atoms with Crippen LogP contribution in [0.3, 0.4) is 0 Å². The molecule has 2 aliphatic rings. The number of hydrogen-bond donors (Lipinski definition) is 0. The SMILES string of the molecule is CC(=O)CC1c2cc(Br)ccc2OC12CCc1ccccc1C2=O. The van der Waals surface area contributed by atoms with Crippen molar-refractivity contribution in [1.29, 1.82) is 0 Å². The number of fused-ring (bicyclic) bond motifs is 2. The molecule has 4 rings (SSSR count). The van der Waals surface area contributed by atoms with Gasteiger partial charge in [-0.15, -0.1) is 0 Å². The second-order valence-corrected chi connectivity index (χ2v) is 7.53. The lowest BCUT2D eigenvalue weighted by molar-refractivity contribution is -0.118. The third-order valence-electron chi connectivity index (χ3n) is 5.11. The maximum Gasteiger partial charge on any atom is 0.207 e. The number of ketones is 2. The topological polar surface area (TPSA) is 43.4 Å². The van der Waals surface area contributed by atoms with Crippen molar-refractivity contribution in [2.24, 2.45) is 0 Å². The van der Waals surface area contributed by atoms with Crippen molar-refractivity contribution in [2.75, 3.05) is 0 Å².